The Morgan fingerprint density at radius 3 is 2.48 bits per heavy atom. The van der Waals surface area contributed by atoms with Gasteiger partial charge in [0, 0.05) is 26.0 Å². The van der Waals surface area contributed by atoms with Crippen LogP contribution in [0.2, 0.25) is 0 Å². The number of hydrogen-bond donors (Lipinski definition) is 1. The second kappa shape index (κ2) is 8.84. The number of hydrogen-bond acceptors (Lipinski definition) is 6. The van der Waals surface area contributed by atoms with Crippen LogP contribution < -0.4 is 10.1 Å². The van der Waals surface area contributed by atoms with E-state index < -0.39 is 5.97 Å². The Hall–Kier alpha value is -3.36. The molecular formula is C18H22N4O5. The molecule has 0 aliphatic heterocycles. The van der Waals surface area contributed by atoms with E-state index >= 15 is 0 Å². The van der Waals surface area contributed by atoms with Gasteiger partial charge in [0.2, 0.25) is 11.8 Å². The number of carbonyl (C=O) groups excluding carboxylic acids is 3. The number of esters is 1. The molecule has 0 atom stereocenters. The van der Waals surface area contributed by atoms with E-state index in [9.17, 15) is 14.4 Å². The average molecular weight is 374 g/mol. The van der Waals surface area contributed by atoms with Crippen LogP contribution in [-0.4, -0.2) is 59.8 Å². The molecule has 0 unspecified atom stereocenters. The quantitative estimate of drug-likeness (QED) is 0.733. The fourth-order valence-electron chi connectivity index (χ4n) is 2.36. The van der Waals surface area contributed by atoms with E-state index in [2.05, 4.69) is 10.4 Å². The normalized spacial score (nSPS) is 10.2. The molecule has 1 aromatic heterocycles. The number of methoxy groups -OCH3 is 1. The minimum absolute atomic E-state index is 0.156. The highest BCUT2D eigenvalue weighted by atomic mass is 16.5. The Bertz CT molecular complexity index is 829. The summed E-state index contributed by atoms with van der Waals surface area (Å²) in [6.45, 7) is 1.86. The van der Waals surface area contributed by atoms with Crippen LogP contribution in [0.25, 0.3) is 0 Å². The van der Waals surface area contributed by atoms with Gasteiger partial charge in [-0.05, 0) is 31.2 Å². The maximum absolute atomic E-state index is 12.5. The van der Waals surface area contributed by atoms with Crippen LogP contribution in [0.5, 0.6) is 5.88 Å². The Morgan fingerprint density at radius 1 is 1.22 bits per heavy atom. The number of benzene rings is 1. The highest BCUT2D eigenvalue weighted by Gasteiger charge is 2.21. The molecule has 1 heterocycles. The summed E-state index contributed by atoms with van der Waals surface area (Å²) in [5.74, 6) is -0.985. The molecule has 0 bridgehead atoms. The molecule has 2 aromatic rings. The fourth-order valence-corrected chi connectivity index (χ4v) is 2.36. The zero-order valence-electron chi connectivity index (χ0n) is 15.7. The lowest BCUT2D eigenvalue weighted by Crippen LogP contribution is -2.35. The second-order valence-corrected chi connectivity index (χ2v) is 5.73. The van der Waals surface area contributed by atoms with Gasteiger partial charge in [0.05, 0.1) is 25.8 Å². The molecule has 0 saturated heterocycles. The molecule has 0 aliphatic carbocycles. The lowest BCUT2D eigenvalue weighted by atomic mass is 10.2. The number of carbonyl (C=O) groups is 3. The van der Waals surface area contributed by atoms with Crippen LogP contribution in [0.3, 0.4) is 0 Å². The number of aromatic nitrogens is 2. The minimum atomic E-state index is -0.425. The number of rotatable bonds is 7. The predicted octanol–water partition coefficient (Wildman–Crippen LogP) is 1.32. The lowest BCUT2D eigenvalue weighted by Gasteiger charge is -2.16. The summed E-state index contributed by atoms with van der Waals surface area (Å²) in [6.07, 6.45) is 1.53. The van der Waals surface area contributed by atoms with Crippen LogP contribution in [0, 0.1) is 0 Å². The largest absolute Gasteiger partial charge is 0.479 e. The van der Waals surface area contributed by atoms with Gasteiger partial charge in [0.15, 0.2) is 0 Å². The number of amides is 2. The van der Waals surface area contributed by atoms with Crippen molar-refractivity contribution in [2.45, 2.75) is 6.92 Å². The minimum Gasteiger partial charge on any atom is -0.479 e. The van der Waals surface area contributed by atoms with Crippen LogP contribution in [-0.2, 0) is 16.6 Å². The van der Waals surface area contributed by atoms with Crippen molar-refractivity contribution < 1.29 is 23.9 Å². The summed E-state index contributed by atoms with van der Waals surface area (Å²) in [6, 6.07) is 6.30. The average Bonchev–Trinajstić information content (AvgIpc) is 3.02. The fraction of sp³-hybridized carbons (Fsp3) is 0.333. The lowest BCUT2D eigenvalue weighted by molar-refractivity contribution is -0.116. The molecule has 1 N–H and O–H groups in total. The maximum Gasteiger partial charge on any atom is 0.338 e. The Morgan fingerprint density at radius 2 is 1.89 bits per heavy atom. The molecule has 0 spiro atoms. The van der Waals surface area contributed by atoms with Gasteiger partial charge in [0.1, 0.15) is 5.56 Å². The zero-order valence-corrected chi connectivity index (χ0v) is 15.7. The van der Waals surface area contributed by atoms with Crippen molar-refractivity contribution in [2.75, 3.05) is 32.6 Å². The summed E-state index contributed by atoms with van der Waals surface area (Å²) in [4.78, 5) is 37.5. The molecule has 2 rings (SSSR count). The summed E-state index contributed by atoms with van der Waals surface area (Å²) in [7, 11) is 4.61. The van der Waals surface area contributed by atoms with E-state index in [1.807, 2.05) is 0 Å². The maximum atomic E-state index is 12.5. The number of nitrogens with zero attached hydrogens (tertiary/aromatic N) is 3. The third-order valence-corrected chi connectivity index (χ3v) is 3.63. The molecule has 0 fully saturated rings. The smallest absolute Gasteiger partial charge is 0.338 e. The number of likely N-dealkylation sites (N-methyl/N-ethyl adjacent to an activating group) is 1. The van der Waals surface area contributed by atoms with Gasteiger partial charge >= 0.3 is 5.97 Å². The number of aryl methyl sites for hydroxylation is 1. The van der Waals surface area contributed by atoms with E-state index in [1.165, 1.54) is 29.9 Å². The van der Waals surface area contributed by atoms with Gasteiger partial charge in [-0.15, -0.1) is 5.10 Å². The monoisotopic (exact) mass is 374 g/mol. The van der Waals surface area contributed by atoms with E-state index in [0.717, 1.165) is 0 Å². The van der Waals surface area contributed by atoms with Crippen molar-refractivity contribution in [3.8, 4) is 5.88 Å². The van der Waals surface area contributed by atoms with Gasteiger partial charge in [-0.2, -0.15) is 0 Å². The van der Waals surface area contributed by atoms with Crippen LogP contribution in [0.1, 0.15) is 27.6 Å². The molecule has 0 saturated carbocycles. The zero-order chi connectivity index (χ0) is 20.0. The summed E-state index contributed by atoms with van der Waals surface area (Å²) in [5, 5.41) is 6.70. The Labute approximate surface area is 156 Å². The second-order valence-electron chi connectivity index (χ2n) is 5.73. The molecule has 27 heavy (non-hydrogen) atoms. The molecular weight excluding hydrogens is 352 g/mol. The first-order valence-electron chi connectivity index (χ1n) is 8.25. The number of nitrogens with one attached hydrogen (secondary N) is 1. The first-order chi connectivity index (χ1) is 12.8. The van der Waals surface area contributed by atoms with E-state index in [1.54, 1.807) is 38.2 Å². The van der Waals surface area contributed by atoms with Gasteiger partial charge in [-0.1, -0.05) is 0 Å². The standard InChI is InChI=1S/C18H22N4O5/c1-5-27-18(25)12-6-8-13(9-7-12)19-15(23)11-21(2)17(24)14-10-22(3)20-16(14)26-4/h6-10H,5,11H2,1-4H3,(H,19,23). The first-order valence-corrected chi connectivity index (χ1v) is 8.25. The van der Waals surface area contributed by atoms with Crippen LogP contribution >= 0.6 is 0 Å². The van der Waals surface area contributed by atoms with Gasteiger partial charge in [0.25, 0.3) is 5.91 Å². The summed E-state index contributed by atoms with van der Waals surface area (Å²) in [5.41, 5.74) is 1.17. The predicted molar refractivity (Wildman–Crippen MR) is 97.7 cm³/mol. The summed E-state index contributed by atoms with van der Waals surface area (Å²) < 4.78 is 11.4. The molecule has 9 heteroatoms. The van der Waals surface area contributed by atoms with Crippen molar-refractivity contribution >= 4 is 23.5 Å². The highest BCUT2D eigenvalue weighted by molar-refractivity contribution is 6.00. The highest BCUT2D eigenvalue weighted by Crippen LogP contribution is 2.17. The van der Waals surface area contributed by atoms with E-state index in [-0.39, 0.29) is 29.8 Å². The van der Waals surface area contributed by atoms with Gasteiger partial charge in [-0.3, -0.25) is 14.3 Å². The number of ether oxygens (including phenoxy) is 2. The number of anilines is 1. The molecule has 2 amide bonds. The van der Waals surface area contributed by atoms with Crippen LogP contribution in [0.15, 0.2) is 30.5 Å². The van der Waals surface area contributed by atoms with E-state index in [4.69, 9.17) is 9.47 Å². The topological polar surface area (TPSA) is 103 Å². The SMILES string of the molecule is CCOC(=O)c1ccc(NC(=O)CN(C)C(=O)c2cn(C)nc2OC)cc1. The Kier molecular flexibility index (Phi) is 6.53. The van der Waals surface area contributed by atoms with Gasteiger partial charge in [-0.25, -0.2) is 4.79 Å². The molecule has 144 valence electrons. The Balaban J connectivity index is 1.96. The van der Waals surface area contributed by atoms with Crippen molar-refractivity contribution in [1.29, 1.82) is 0 Å². The molecule has 1 aromatic carbocycles. The van der Waals surface area contributed by atoms with Crippen LogP contribution in [0.4, 0.5) is 5.69 Å². The summed E-state index contributed by atoms with van der Waals surface area (Å²) >= 11 is 0. The van der Waals surface area contributed by atoms with E-state index in [0.29, 0.717) is 17.9 Å². The van der Waals surface area contributed by atoms with Crippen molar-refractivity contribution in [1.82, 2.24) is 14.7 Å². The molecule has 9 nitrogen and oxygen atoms in total. The third kappa shape index (κ3) is 5.06. The third-order valence-electron chi connectivity index (χ3n) is 3.63. The first kappa shape index (κ1) is 20.0. The van der Waals surface area contributed by atoms with Crippen molar-refractivity contribution in [3.63, 3.8) is 0 Å². The van der Waals surface area contributed by atoms with Crippen molar-refractivity contribution in [3.05, 3.63) is 41.6 Å². The van der Waals surface area contributed by atoms with Gasteiger partial charge < -0.3 is 19.7 Å². The van der Waals surface area contributed by atoms with Crippen molar-refractivity contribution in [2.24, 2.45) is 7.05 Å². The molecule has 0 aliphatic rings. The molecule has 0 radical (unpaired) electrons.